The van der Waals surface area contributed by atoms with Crippen LogP contribution in [0.25, 0.3) is 0 Å². The fourth-order valence-corrected chi connectivity index (χ4v) is 1.56. The molecule has 86 valence electrons. The number of nitrogens with two attached hydrogens (primary N) is 1. The first kappa shape index (κ1) is 10.6. The van der Waals surface area contributed by atoms with E-state index >= 15 is 0 Å². The first-order valence-corrected chi connectivity index (χ1v) is 5.06. The summed E-state index contributed by atoms with van der Waals surface area (Å²) in [6, 6.07) is 0. The fraction of sp³-hybridized carbons (Fsp3) is 0.889. The van der Waals surface area contributed by atoms with Gasteiger partial charge in [-0.3, -0.25) is 4.99 Å². The molecule has 1 aliphatic heterocycles. The van der Waals surface area contributed by atoms with Gasteiger partial charge in [0.1, 0.15) is 0 Å². The molecule has 0 aromatic rings. The molecule has 0 amide bonds. The summed E-state index contributed by atoms with van der Waals surface area (Å²) in [6.45, 7) is 1.42. The number of halogens is 3. The lowest BCUT2D eigenvalue weighted by Crippen LogP contribution is -2.46. The van der Waals surface area contributed by atoms with Crippen molar-refractivity contribution in [2.75, 3.05) is 19.6 Å². The minimum Gasteiger partial charge on any atom is -0.370 e. The third-order valence-corrected chi connectivity index (χ3v) is 3.18. The Morgan fingerprint density at radius 2 is 1.93 bits per heavy atom. The van der Waals surface area contributed by atoms with Gasteiger partial charge in [0.15, 0.2) is 5.96 Å². The van der Waals surface area contributed by atoms with Crippen LogP contribution in [0.1, 0.15) is 19.3 Å². The number of likely N-dealkylation sites (tertiary alicyclic amines) is 1. The molecule has 1 heterocycles. The van der Waals surface area contributed by atoms with Crippen LogP contribution in [0.3, 0.4) is 0 Å². The Morgan fingerprint density at radius 1 is 1.33 bits per heavy atom. The summed E-state index contributed by atoms with van der Waals surface area (Å²) in [5.74, 6) is 0.261. The smallest absolute Gasteiger partial charge is 0.370 e. The van der Waals surface area contributed by atoms with Crippen molar-refractivity contribution in [3.05, 3.63) is 0 Å². The predicted molar refractivity (Wildman–Crippen MR) is 50.4 cm³/mol. The van der Waals surface area contributed by atoms with Crippen LogP contribution in [0.15, 0.2) is 4.99 Å². The number of alkyl halides is 3. The lowest BCUT2D eigenvalue weighted by atomic mass is 10.1. The molecule has 15 heavy (non-hydrogen) atoms. The van der Waals surface area contributed by atoms with Crippen molar-refractivity contribution in [1.82, 2.24) is 4.90 Å². The zero-order chi connectivity index (χ0) is 11.1. The van der Waals surface area contributed by atoms with Gasteiger partial charge >= 0.3 is 6.18 Å². The van der Waals surface area contributed by atoms with Gasteiger partial charge in [-0.15, -0.1) is 0 Å². The van der Waals surface area contributed by atoms with Crippen molar-refractivity contribution in [1.29, 1.82) is 0 Å². The molecule has 0 bridgehead atoms. The zero-order valence-corrected chi connectivity index (χ0v) is 8.35. The molecule has 2 aliphatic rings. The van der Waals surface area contributed by atoms with Crippen molar-refractivity contribution in [2.24, 2.45) is 16.1 Å². The van der Waals surface area contributed by atoms with Crippen LogP contribution in [-0.4, -0.2) is 36.7 Å². The molecule has 0 aromatic carbocycles. The highest BCUT2D eigenvalue weighted by atomic mass is 19.4. The third kappa shape index (κ3) is 1.89. The van der Waals surface area contributed by atoms with Gasteiger partial charge in [0, 0.05) is 13.1 Å². The molecule has 2 fully saturated rings. The fourth-order valence-electron chi connectivity index (χ4n) is 1.56. The molecule has 3 nitrogen and oxygen atoms in total. The lowest BCUT2D eigenvalue weighted by molar-refractivity contribution is -0.183. The number of guanidine groups is 1. The number of aliphatic imine (C=N–C) groups is 1. The molecular weight excluding hydrogens is 207 g/mol. The second-order valence-electron chi connectivity index (χ2n) is 4.29. The van der Waals surface area contributed by atoms with Gasteiger partial charge in [-0.25, -0.2) is 0 Å². The summed E-state index contributed by atoms with van der Waals surface area (Å²) < 4.78 is 37.6. The van der Waals surface area contributed by atoms with Crippen LogP contribution in [-0.2, 0) is 0 Å². The maximum absolute atomic E-state index is 12.5. The van der Waals surface area contributed by atoms with Crippen LogP contribution in [0, 0.1) is 5.41 Å². The summed E-state index contributed by atoms with van der Waals surface area (Å²) in [4.78, 5) is 5.65. The number of rotatable bonds is 2. The highest BCUT2D eigenvalue weighted by molar-refractivity contribution is 5.78. The summed E-state index contributed by atoms with van der Waals surface area (Å²) in [5, 5.41) is 0. The van der Waals surface area contributed by atoms with Crippen LogP contribution in [0.2, 0.25) is 0 Å². The SMILES string of the molecule is NC(=NCC1(C(F)(F)F)CC1)N1CCC1. The maximum atomic E-state index is 12.5. The highest BCUT2D eigenvalue weighted by Gasteiger charge is 2.63. The quantitative estimate of drug-likeness (QED) is 0.565. The zero-order valence-electron chi connectivity index (χ0n) is 8.35. The van der Waals surface area contributed by atoms with E-state index in [0.29, 0.717) is 0 Å². The van der Waals surface area contributed by atoms with Gasteiger partial charge < -0.3 is 10.6 Å². The molecule has 1 aliphatic carbocycles. The Labute approximate surface area is 86.1 Å². The normalized spacial score (nSPS) is 25.0. The van der Waals surface area contributed by atoms with Crippen LogP contribution < -0.4 is 5.73 Å². The van der Waals surface area contributed by atoms with Gasteiger partial charge in [0.2, 0.25) is 0 Å². The second kappa shape index (κ2) is 3.28. The molecule has 2 rings (SSSR count). The molecule has 0 spiro atoms. The van der Waals surface area contributed by atoms with E-state index in [0.717, 1.165) is 19.5 Å². The molecule has 0 atom stereocenters. The topological polar surface area (TPSA) is 41.6 Å². The predicted octanol–water partition coefficient (Wildman–Crippen LogP) is 1.35. The third-order valence-electron chi connectivity index (χ3n) is 3.18. The van der Waals surface area contributed by atoms with E-state index in [9.17, 15) is 13.2 Å². The van der Waals surface area contributed by atoms with Crippen molar-refractivity contribution < 1.29 is 13.2 Å². The van der Waals surface area contributed by atoms with Gasteiger partial charge in [-0.05, 0) is 19.3 Å². The van der Waals surface area contributed by atoms with E-state index in [-0.39, 0.29) is 25.3 Å². The summed E-state index contributed by atoms with van der Waals surface area (Å²) in [5.41, 5.74) is 4.00. The molecule has 6 heteroatoms. The Kier molecular flexibility index (Phi) is 2.31. The maximum Gasteiger partial charge on any atom is 0.396 e. The van der Waals surface area contributed by atoms with Crippen molar-refractivity contribution >= 4 is 5.96 Å². The number of hydrogen-bond acceptors (Lipinski definition) is 1. The lowest BCUT2D eigenvalue weighted by Gasteiger charge is -2.32. The van der Waals surface area contributed by atoms with Crippen LogP contribution in [0.5, 0.6) is 0 Å². The summed E-state index contributed by atoms with van der Waals surface area (Å²) >= 11 is 0. The largest absolute Gasteiger partial charge is 0.396 e. The van der Waals surface area contributed by atoms with Gasteiger partial charge in [-0.2, -0.15) is 13.2 Å². The average molecular weight is 221 g/mol. The molecular formula is C9H14F3N3. The van der Waals surface area contributed by atoms with Gasteiger partial charge in [0.25, 0.3) is 0 Å². The molecule has 1 saturated heterocycles. The van der Waals surface area contributed by atoms with Crippen LogP contribution >= 0.6 is 0 Å². The summed E-state index contributed by atoms with van der Waals surface area (Å²) in [7, 11) is 0. The van der Waals surface area contributed by atoms with E-state index in [1.165, 1.54) is 0 Å². The Bertz CT molecular complexity index is 277. The van der Waals surface area contributed by atoms with Crippen molar-refractivity contribution in [3.8, 4) is 0 Å². The number of hydrogen-bond donors (Lipinski definition) is 1. The molecule has 0 aromatic heterocycles. The first-order valence-electron chi connectivity index (χ1n) is 5.06. The average Bonchev–Trinajstić information content (AvgIpc) is 2.75. The molecule has 0 unspecified atom stereocenters. The van der Waals surface area contributed by atoms with Crippen LogP contribution in [0.4, 0.5) is 13.2 Å². The van der Waals surface area contributed by atoms with Crippen molar-refractivity contribution in [2.45, 2.75) is 25.4 Å². The molecule has 2 N–H and O–H groups in total. The molecule has 1 saturated carbocycles. The van der Waals surface area contributed by atoms with E-state index < -0.39 is 11.6 Å². The molecule has 0 radical (unpaired) electrons. The number of nitrogens with zero attached hydrogens (tertiary/aromatic N) is 2. The Morgan fingerprint density at radius 3 is 2.27 bits per heavy atom. The van der Waals surface area contributed by atoms with E-state index in [2.05, 4.69) is 4.99 Å². The first-order chi connectivity index (χ1) is 6.95. The van der Waals surface area contributed by atoms with Crippen molar-refractivity contribution in [3.63, 3.8) is 0 Å². The summed E-state index contributed by atoms with van der Waals surface area (Å²) in [6.07, 6.45) is -2.72. The van der Waals surface area contributed by atoms with E-state index in [1.54, 1.807) is 4.90 Å². The Balaban J connectivity index is 1.92. The van der Waals surface area contributed by atoms with Gasteiger partial charge in [0.05, 0.1) is 12.0 Å². The standard InChI is InChI=1S/C9H14F3N3/c10-9(11,12)8(2-3-8)6-14-7(13)15-4-1-5-15/h1-6H2,(H2,13,14). The van der Waals surface area contributed by atoms with E-state index in [1.807, 2.05) is 0 Å². The minimum absolute atomic E-state index is 0.188. The minimum atomic E-state index is -4.13. The highest BCUT2D eigenvalue weighted by Crippen LogP contribution is 2.57. The monoisotopic (exact) mass is 221 g/mol. The Hall–Kier alpha value is -0.940. The van der Waals surface area contributed by atoms with Gasteiger partial charge in [-0.1, -0.05) is 0 Å². The van der Waals surface area contributed by atoms with E-state index in [4.69, 9.17) is 5.73 Å². The second-order valence-corrected chi connectivity index (χ2v) is 4.29.